The zero-order valence-corrected chi connectivity index (χ0v) is 13.5. The third-order valence-corrected chi connectivity index (χ3v) is 3.75. The number of benzene rings is 2. The fraction of sp³-hybridized carbons (Fsp3) is 0. The second-order valence-corrected chi connectivity index (χ2v) is 5.79. The Bertz CT molecular complexity index is 861. The highest BCUT2D eigenvalue weighted by Crippen LogP contribution is 2.25. The van der Waals surface area contributed by atoms with Gasteiger partial charge < -0.3 is 4.42 Å². The molecule has 1 aromatic heterocycles. The van der Waals surface area contributed by atoms with Gasteiger partial charge in [-0.15, -0.1) is 0 Å². The van der Waals surface area contributed by atoms with Gasteiger partial charge in [-0.05, 0) is 60.7 Å². The minimum Gasteiger partial charge on any atom is -0.457 e. The summed E-state index contributed by atoms with van der Waals surface area (Å²) < 4.78 is 5.71. The molecule has 1 heterocycles. The van der Waals surface area contributed by atoms with E-state index < -0.39 is 0 Å². The van der Waals surface area contributed by atoms with Crippen LogP contribution in [0, 0.1) is 0 Å². The van der Waals surface area contributed by atoms with Crippen LogP contribution in [0.3, 0.4) is 0 Å². The van der Waals surface area contributed by atoms with Crippen LogP contribution in [0.5, 0.6) is 0 Å². The molecule has 0 aliphatic carbocycles. The molecule has 0 saturated carbocycles. The van der Waals surface area contributed by atoms with Gasteiger partial charge in [0.05, 0.1) is 0 Å². The summed E-state index contributed by atoms with van der Waals surface area (Å²) in [6.45, 7) is 0. The van der Waals surface area contributed by atoms with Gasteiger partial charge in [0.2, 0.25) is 0 Å². The summed E-state index contributed by atoms with van der Waals surface area (Å²) in [4.78, 5) is 12.1. The summed E-state index contributed by atoms with van der Waals surface area (Å²) in [6, 6.07) is 17.8. The van der Waals surface area contributed by atoms with Crippen molar-refractivity contribution in [2.75, 3.05) is 0 Å². The molecule has 0 aliphatic heterocycles. The number of carbonyl (C=O) groups excluding carboxylic acids is 1. The predicted molar refractivity (Wildman–Crippen MR) is 94.0 cm³/mol. The zero-order chi connectivity index (χ0) is 16.2. The third kappa shape index (κ3) is 3.92. The highest BCUT2D eigenvalue weighted by Gasteiger charge is 2.05. The Kier molecular flexibility index (Phi) is 4.65. The molecule has 2 aromatic carbocycles. The van der Waals surface area contributed by atoms with Crippen molar-refractivity contribution in [3.63, 3.8) is 0 Å². The molecule has 23 heavy (non-hydrogen) atoms. The summed E-state index contributed by atoms with van der Waals surface area (Å²) in [5, 5.41) is 1.25. The molecular weight excluding hydrogens is 331 g/mol. The number of allylic oxidation sites excluding steroid dienone is 1. The Morgan fingerprint density at radius 1 is 0.913 bits per heavy atom. The van der Waals surface area contributed by atoms with Gasteiger partial charge in [0.25, 0.3) is 0 Å². The van der Waals surface area contributed by atoms with Gasteiger partial charge in [-0.1, -0.05) is 35.3 Å². The van der Waals surface area contributed by atoms with Gasteiger partial charge in [-0.2, -0.15) is 0 Å². The first-order valence-electron chi connectivity index (χ1n) is 6.95. The molecule has 0 amide bonds. The molecule has 0 atom stereocenters. The molecule has 4 heteroatoms. The molecule has 0 N–H and O–H groups in total. The first-order chi connectivity index (χ1) is 11.1. The molecule has 0 unspecified atom stereocenters. The van der Waals surface area contributed by atoms with Crippen molar-refractivity contribution in [2.24, 2.45) is 0 Å². The van der Waals surface area contributed by atoms with Crippen molar-refractivity contribution in [3.05, 3.63) is 88.1 Å². The smallest absolute Gasteiger partial charge is 0.185 e. The third-order valence-electron chi connectivity index (χ3n) is 3.26. The fourth-order valence-corrected chi connectivity index (χ4v) is 2.42. The van der Waals surface area contributed by atoms with E-state index in [1.165, 1.54) is 6.08 Å². The Labute approximate surface area is 144 Å². The van der Waals surface area contributed by atoms with E-state index >= 15 is 0 Å². The molecule has 0 fully saturated rings. The topological polar surface area (TPSA) is 30.2 Å². The molecule has 0 spiro atoms. The maximum absolute atomic E-state index is 12.1. The van der Waals surface area contributed by atoms with Crippen LogP contribution in [-0.4, -0.2) is 5.78 Å². The number of hydrogen-bond donors (Lipinski definition) is 0. The lowest BCUT2D eigenvalue weighted by Gasteiger charge is -1.97. The summed E-state index contributed by atoms with van der Waals surface area (Å²) in [7, 11) is 0. The van der Waals surface area contributed by atoms with Gasteiger partial charge in [0.15, 0.2) is 5.78 Å². The van der Waals surface area contributed by atoms with Gasteiger partial charge in [0, 0.05) is 21.2 Å². The standard InChI is InChI=1S/C19H12Cl2O2/c20-15-6-4-13(5-7-15)18(22)10-8-17-9-11-19(23-17)14-2-1-3-16(21)12-14/h1-12H. The van der Waals surface area contributed by atoms with E-state index in [4.69, 9.17) is 27.6 Å². The quantitative estimate of drug-likeness (QED) is 0.420. The van der Waals surface area contributed by atoms with Crippen molar-refractivity contribution in [3.8, 4) is 11.3 Å². The lowest BCUT2D eigenvalue weighted by atomic mass is 10.1. The monoisotopic (exact) mass is 342 g/mol. The fourth-order valence-electron chi connectivity index (χ4n) is 2.11. The summed E-state index contributed by atoms with van der Waals surface area (Å²) >= 11 is 11.8. The first kappa shape index (κ1) is 15.6. The van der Waals surface area contributed by atoms with Gasteiger partial charge in [-0.25, -0.2) is 0 Å². The molecule has 0 bridgehead atoms. The Hall–Kier alpha value is -2.29. The van der Waals surface area contributed by atoms with Crippen LogP contribution in [0.25, 0.3) is 17.4 Å². The van der Waals surface area contributed by atoms with E-state index in [-0.39, 0.29) is 5.78 Å². The van der Waals surface area contributed by atoms with E-state index in [9.17, 15) is 4.79 Å². The highest BCUT2D eigenvalue weighted by atomic mass is 35.5. The second kappa shape index (κ2) is 6.86. The number of ketones is 1. The van der Waals surface area contributed by atoms with Crippen molar-refractivity contribution in [1.29, 1.82) is 0 Å². The predicted octanol–water partition coefficient (Wildman–Crippen LogP) is 6.15. The molecule has 3 aromatic rings. The lowest BCUT2D eigenvalue weighted by Crippen LogP contribution is -1.92. The molecule has 2 nitrogen and oxygen atoms in total. The molecular formula is C19H12Cl2O2. The van der Waals surface area contributed by atoms with Gasteiger partial charge in [-0.3, -0.25) is 4.79 Å². The number of furan rings is 1. The highest BCUT2D eigenvalue weighted by molar-refractivity contribution is 6.31. The van der Waals surface area contributed by atoms with Gasteiger partial charge >= 0.3 is 0 Å². The number of hydrogen-bond acceptors (Lipinski definition) is 2. The van der Waals surface area contributed by atoms with E-state index in [0.29, 0.717) is 27.1 Å². The van der Waals surface area contributed by atoms with E-state index in [1.807, 2.05) is 30.3 Å². The molecule has 0 radical (unpaired) electrons. The second-order valence-electron chi connectivity index (χ2n) is 4.92. The average Bonchev–Trinajstić information content (AvgIpc) is 3.02. The van der Waals surface area contributed by atoms with E-state index in [2.05, 4.69) is 0 Å². The Balaban J connectivity index is 1.76. The van der Waals surface area contributed by atoms with Crippen molar-refractivity contribution in [2.45, 2.75) is 0 Å². The van der Waals surface area contributed by atoms with Gasteiger partial charge in [0.1, 0.15) is 11.5 Å². The lowest BCUT2D eigenvalue weighted by molar-refractivity contribution is 0.104. The van der Waals surface area contributed by atoms with Crippen LogP contribution < -0.4 is 0 Å². The summed E-state index contributed by atoms with van der Waals surface area (Å²) in [5.74, 6) is 1.19. The number of halogens is 2. The van der Waals surface area contributed by atoms with Crippen LogP contribution in [-0.2, 0) is 0 Å². The maximum atomic E-state index is 12.1. The van der Waals surface area contributed by atoms with Crippen LogP contribution in [0.4, 0.5) is 0 Å². The van der Waals surface area contributed by atoms with Crippen LogP contribution >= 0.6 is 23.2 Å². The maximum Gasteiger partial charge on any atom is 0.185 e. The molecule has 0 aliphatic rings. The first-order valence-corrected chi connectivity index (χ1v) is 7.71. The Morgan fingerprint density at radius 3 is 2.43 bits per heavy atom. The minimum absolute atomic E-state index is 0.109. The molecule has 3 rings (SSSR count). The molecule has 114 valence electrons. The van der Waals surface area contributed by atoms with E-state index in [0.717, 1.165) is 5.56 Å². The number of carbonyl (C=O) groups is 1. The minimum atomic E-state index is -0.109. The van der Waals surface area contributed by atoms with Crippen LogP contribution in [0.15, 0.2) is 71.2 Å². The van der Waals surface area contributed by atoms with Crippen molar-refractivity contribution < 1.29 is 9.21 Å². The van der Waals surface area contributed by atoms with E-state index in [1.54, 1.807) is 36.4 Å². The normalized spacial score (nSPS) is 11.0. The zero-order valence-electron chi connectivity index (χ0n) is 12.0. The van der Waals surface area contributed by atoms with Crippen molar-refractivity contribution >= 4 is 35.1 Å². The largest absolute Gasteiger partial charge is 0.457 e. The summed E-state index contributed by atoms with van der Waals surface area (Å²) in [6.07, 6.45) is 3.12. The van der Waals surface area contributed by atoms with Crippen molar-refractivity contribution in [1.82, 2.24) is 0 Å². The molecule has 0 saturated heterocycles. The van der Waals surface area contributed by atoms with Crippen LogP contribution in [0.2, 0.25) is 10.0 Å². The Morgan fingerprint density at radius 2 is 1.70 bits per heavy atom. The number of rotatable bonds is 4. The summed E-state index contributed by atoms with van der Waals surface area (Å²) in [5.41, 5.74) is 1.47. The SMILES string of the molecule is O=C(C=Cc1ccc(-c2cccc(Cl)c2)o1)c1ccc(Cl)cc1. The average molecular weight is 343 g/mol. The van der Waals surface area contributed by atoms with Crippen LogP contribution in [0.1, 0.15) is 16.1 Å².